The summed E-state index contributed by atoms with van der Waals surface area (Å²) in [6.07, 6.45) is 0. The highest BCUT2D eigenvalue weighted by molar-refractivity contribution is 8.04. The number of nitrogen functional groups attached to an aromatic ring is 1. The minimum atomic E-state index is -2.96. The molecule has 0 saturated heterocycles. The topological polar surface area (TPSA) is 84.6 Å². The van der Waals surface area contributed by atoms with Gasteiger partial charge in [0.1, 0.15) is 28.5 Å². The third kappa shape index (κ3) is 5.98. The van der Waals surface area contributed by atoms with Gasteiger partial charge in [0.05, 0.1) is 12.6 Å². The number of nitrogens with two attached hydrogens (primary N) is 1. The standard InChI is InChI=1S/C32H32NO4PS/c1-3-36-31(34)29(30(32(35)37-4-2)39-28-23-15-14-22-27(28)33)38(24-16-8-5-9-17-24,25-18-10-6-11-19-25)26-20-12-7-13-21-26/h5-23,30H,3-4,33H2,1-2H3/b31-29+. The van der Waals surface area contributed by atoms with Crippen molar-refractivity contribution in [2.45, 2.75) is 24.0 Å². The molecule has 0 aromatic heterocycles. The maximum Gasteiger partial charge on any atom is 0.327 e. The van der Waals surface area contributed by atoms with Crippen LogP contribution in [0.1, 0.15) is 13.8 Å². The van der Waals surface area contributed by atoms with Gasteiger partial charge in [0.25, 0.3) is 0 Å². The molecule has 39 heavy (non-hydrogen) atoms. The number of thioether (sulfide) groups is 1. The molecule has 0 aliphatic heterocycles. The molecule has 0 spiro atoms. The van der Waals surface area contributed by atoms with Crippen molar-refractivity contribution in [3.63, 3.8) is 0 Å². The van der Waals surface area contributed by atoms with Crippen molar-refractivity contribution in [2.75, 3.05) is 18.9 Å². The van der Waals surface area contributed by atoms with E-state index in [9.17, 15) is 9.90 Å². The van der Waals surface area contributed by atoms with Crippen LogP contribution in [0.2, 0.25) is 0 Å². The Balaban J connectivity index is 2.15. The molecule has 0 saturated carbocycles. The van der Waals surface area contributed by atoms with Crippen LogP contribution in [0.4, 0.5) is 5.69 Å². The van der Waals surface area contributed by atoms with Crippen LogP contribution in [0.15, 0.2) is 131 Å². The molecular formula is C32H32NO4PS. The molecule has 0 radical (unpaired) electrons. The lowest BCUT2D eigenvalue weighted by Gasteiger charge is -2.35. The van der Waals surface area contributed by atoms with Crippen LogP contribution in [0.5, 0.6) is 0 Å². The molecule has 5 nitrogen and oxygen atoms in total. The maximum absolute atomic E-state index is 14.3. The van der Waals surface area contributed by atoms with Gasteiger partial charge in [-0.2, -0.15) is 0 Å². The van der Waals surface area contributed by atoms with E-state index in [1.165, 1.54) is 11.8 Å². The second kappa shape index (κ2) is 13.4. The Morgan fingerprint density at radius 3 is 1.62 bits per heavy atom. The molecule has 4 aromatic carbocycles. The Bertz CT molecular complexity index is 1300. The van der Waals surface area contributed by atoms with Crippen LogP contribution in [0.3, 0.4) is 0 Å². The minimum absolute atomic E-state index is 0.161. The molecule has 0 aliphatic carbocycles. The first-order valence-electron chi connectivity index (χ1n) is 12.8. The summed E-state index contributed by atoms with van der Waals surface area (Å²) in [4.78, 5) is 14.5. The molecule has 0 heterocycles. The SMILES string of the molecule is CCOC(=O)C(Sc1ccccc1N)/C(=C(/[O-])OCC)[P+](c1ccccc1)(c1ccccc1)c1ccccc1. The molecule has 4 aromatic rings. The molecule has 1 unspecified atom stereocenters. The van der Waals surface area contributed by atoms with E-state index in [0.29, 0.717) is 15.9 Å². The van der Waals surface area contributed by atoms with Crippen molar-refractivity contribution in [1.29, 1.82) is 0 Å². The van der Waals surface area contributed by atoms with Crippen molar-refractivity contribution in [3.8, 4) is 0 Å². The number of esters is 1. The molecule has 0 bridgehead atoms. The second-order valence-electron chi connectivity index (χ2n) is 8.57. The van der Waals surface area contributed by atoms with Crippen molar-refractivity contribution >= 4 is 46.6 Å². The monoisotopic (exact) mass is 557 g/mol. The van der Waals surface area contributed by atoms with E-state index in [-0.39, 0.29) is 13.2 Å². The van der Waals surface area contributed by atoms with Gasteiger partial charge in [-0.05, 0) is 62.1 Å². The minimum Gasteiger partial charge on any atom is -0.611 e. The van der Waals surface area contributed by atoms with Gasteiger partial charge in [0, 0.05) is 10.6 Å². The zero-order valence-electron chi connectivity index (χ0n) is 22.0. The summed E-state index contributed by atoms with van der Waals surface area (Å²) in [5, 5.41) is 16.4. The van der Waals surface area contributed by atoms with Crippen molar-refractivity contribution < 1.29 is 19.4 Å². The zero-order valence-corrected chi connectivity index (χ0v) is 23.7. The highest BCUT2D eigenvalue weighted by Crippen LogP contribution is 2.66. The lowest BCUT2D eigenvalue weighted by Crippen LogP contribution is -2.39. The van der Waals surface area contributed by atoms with Gasteiger partial charge in [-0.1, -0.05) is 73.7 Å². The fourth-order valence-electron chi connectivity index (χ4n) is 4.59. The smallest absolute Gasteiger partial charge is 0.327 e. The molecule has 0 fully saturated rings. The molecule has 0 aliphatic rings. The van der Waals surface area contributed by atoms with E-state index >= 15 is 0 Å². The lowest BCUT2D eigenvalue weighted by molar-refractivity contribution is -0.357. The Morgan fingerprint density at radius 2 is 1.18 bits per heavy atom. The first kappa shape index (κ1) is 28.3. The predicted molar refractivity (Wildman–Crippen MR) is 161 cm³/mol. The van der Waals surface area contributed by atoms with Crippen molar-refractivity contribution in [3.05, 3.63) is 127 Å². The average Bonchev–Trinajstić information content (AvgIpc) is 2.97. The van der Waals surface area contributed by atoms with E-state index in [4.69, 9.17) is 15.2 Å². The summed E-state index contributed by atoms with van der Waals surface area (Å²) in [6.45, 7) is 3.86. The van der Waals surface area contributed by atoms with Crippen molar-refractivity contribution in [1.82, 2.24) is 0 Å². The quantitative estimate of drug-likeness (QED) is 0.0933. The van der Waals surface area contributed by atoms with E-state index in [0.717, 1.165) is 15.9 Å². The highest BCUT2D eigenvalue weighted by Gasteiger charge is 2.55. The van der Waals surface area contributed by atoms with E-state index in [2.05, 4.69) is 0 Å². The van der Waals surface area contributed by atoms with Crippen LogP contribution < -0.4 is 26.8 Å². The first-order chi connectivity index (χ1) is 19.0. The molecule has 2 N–H and O–H groups in total. The second-order valence-corrected chi connectivity index (χ2v) is 13.1. The van der Waals surface area contributed by atoms with Crippen LogP contribution in [0, 0.1) is 0 Å². The lowest BCUT2D eigenvalue weighted by atomic mass is 10.3. The molecule has 7 heteroatoms. The summed E-state index contributed by atoms with van der Waals surface area (Å²) < 4.78 is 11.4. The fourth-order valence-corrected chi connectivity index (χ4v) is 10.6. The number of carbonyl (C=O) groups excluding carboxylic acids is 1. The Labute approximate surface area is 235 Å². The van der Waals surface area contributed by atoms with Gasteiger partial charge in [-0.15, -0.1) is 11.8 Å². The number of hydrogen-bond donors (Lipinski definition) is 1. The van der Waals surface area contributed by atoms with E-state index in [1.807, 2.05) is 109 Å². The summed E-state index contributed by atoms with van der Waals surface area (Å²) in [5.41, 5.74) is 6.85. The summed E-state index contributed by atoms with van der Waals surface area (Å²) in [7, 11) is -2.96. The Hall–Kier alpha value is -3.73. The predicted octanol–water partition coefficient (Wildman–Crippen LogP) is 4.85. The summed E-state index contributed by atoms with van der Waals surface area (Å²) in [6, 6.07) is 37.1. The van der Waals surface area contributed by atoms with Crippen LogP contribution in [0.25, 0.3) is 0 Å². The Morgan fingerprint density at radius 1 is 0.744 bits per heavy atom. The first-order valence-corrected chi connectivity index (χ1v) is 15.5. The number of carbonyl (C=O) groups is 1. The van der Waals surface area contributed by atoms with Gasteiger partial charge in [0.2, 0.25) is 0 Å². The average molecular weight is 558 g/mol. The number of benzene rings is 4. The van der Waals surface area contributed by atoms with E-state index in [1.54, 1.807) is 19.9 Å². The van der Waals surface area contributed by atoms with Crippen LogP contribution >= 0.6 is 19.0 Å². The number of anilines is 1. The molecule has 1 atom stereocenters. The molecule has 200 valence electrons. The number of hydrogen-bond acceptors (Lipinski definition) is 6. The Kier molecular flexibility index (Phi) is 9.69. The number of ether oxygens (including phenoxy) is 2. The van der Waals surface area contributed by atoms with Crippen LogP contribution in [-0.2, 0) is 14.3 Å². The normalized spacial score (nSPS) is 12.8. The van der Waals surface area contributed by atoms with Crippen LogP contribution in [-0.4, -0.2) is 24.4 Å². The summed E-state index contributed by atoms with van der Waals surface area (Å²) in [5.74, 6) is -1.04. The zero-order chi connectivity index (χ0) is 27.7. The van der Waals surface area contributed by atoms with E-state index < -0.39 is 24.4 Å². The third-order valence-corrected chi connectivity index (χ3v) is 12.0. The maximum atomic E-state index is 14.3. The summed E-state index contributed by atoms with van der Waals surface area (Å²) >= 11 is 1.23. The van der Waals surface area contributed by atoms with Gasteiger partial charge in [0.15, 0.2) is 5.25 Å². The van der Waals surface area contributed by atoms with Gasteiger partial charge >= 0.3 is 5.97 Å². The third-order valence-electron chi connectivity index (χ3n) is 6.19. The highest BCUT2D eigenvalue weighted by atomic mass is 32.2. The van der Waals surface area contributed by atoms with Gasteiger partial charge in [-0.3, -0.25) is 4.79 Å². The largest absolute Gasteiger partial charge is 0.611 e. The number of para-hydroxylation sites is 1. The van der Waals surface area contributed by atoms with Gasteiger partial charge in [-0.25, -0.2) is 0 Å². The van der Waals surface area contributed by atoms with Crippen molar-refractivity contribution in [2.24, 2.45) is 0 Å². The molecule has 0 amide bonds. The number of rotatable bonds is 11. The fraction of sp³-hybridized carbons (Fsp3) is 0.156. The van der Waals surface area contributed by atoms with Gasteiger partial charge < -0.3 is 20.3 Å². The molecular weight excluding hydrogens is 525 g/mol. The molecule has 4 rings (SSSR count).